The summed E-state index contributed by atoms with van der Waals surface area (Å²) in [6.07, 6.45) is 3.28. The lowest BCUT2D eigenvalue weighted by Crippen LogP contribution is -2.62. The second-order valence-corrected chi connectivity index (χ2v) is 4.84. The standard InChI is InChI=1S/C12H24N8O/c1-9-8-11-5-2-4-10(12(11)21-9)6-3-7-14-16-18-20-19-17-15-13/h2,4-5,9,14-20H,3,6-8,13H2,1H3. The van der Waals surface area contributed by atoms with Crippen LogP contribution in [0.25, 0.3) is 0 Å². The van der Waals surface area contributed by atoms with Crippen molar-refractivity contribution in [2.75, 3.05) is 6.54 Å². The predicted octanol–water partition coefficient (Wildman–Crippen LogP) is -1.57. The molecule has 21 heavy (non-hydrogen) atoms. The van der Waals surface area contributed by atoms with Gasteiger partial charge in [-0.15, -0.1) is 0 Å². The molecule has 1 aliphatic heterocycles. The van der Waals surface area contributed by atoms with Crippen LogP contribution in [0.15, 0.2) is 18.2 Å². The molecule has 9 N–H and O–H groups in total. The Balaban J connectivity index is 1.59. The highest BCUT2D eigenvalue weighted by molar-refractivity contribution is 5.44. The molecule has 0 aromatic heterocycles. The van der Waals surface area contributed by atoms with E-state index >= 15 is 0 Å². The lowest BCUT2D eigenvalue weighted by molar-refractivity contribution is 0.252. The van der Waals surface area contributed by atoms with Crippen molar-refractivity contribution in [2.45, 2.75) is 32.3 Å². The van der Waals surface area contributed by atoms with Gasteiger partial charge in [-0.05, 0) is 30.9 Å². The van der Waals surface area contributed by atoms with E-state index in [4.69, 9.17) is 10.6 Å². The summed E-state index contributed by atoms with van der Waals surface area (Å²) in [4.78, 5) is 0. The summed E-state index contributed by atoms with van der Waals surface area (Å²) < 4.78 is 5.88. The van der Waals surface area contributed by atoms with Gasteiger partial charge in [0.05, 0.1) is 0 Å². The van der Waals surface area contributed by atoms with Crippen molar-refractivity contribution in [2.24, 2.45) is 5.84 Å². The Morgan fingerprint density at radius 3 is 2.86 bits per heavy atom. The molecular formula is C12H24N8O. The normalized spacial score (nSPS) is 16.8. The van der Waals surface area contributed by atoms with E-state index in [1.807, 2.05) is 0 Å². The van der Waals surface area contributed by atoms with Gasteiger partial charge in [-0.2, -0.15) is 33.2 Å². The van der Waals surface area contributed by atoms with Gasteiger partial charge < -0.3 is 4.74 Å². The summed E-state index contributed by atoms with van der Waals surface area (Å²) >= 11 is 0. The number of nitrogens with one attached hydrogen (secondary N) is 7. The molecule has 0 spiro atoms. The van der Waals surface area contributed by atoms with Crippen LogP contribution in [0.4, 0.5) is 0 Å². The van der Waals surface area contributed by atoms with Crippen LogP contribution in [-0.4, -0.2) is 12.6 Å². The van der Waals surface area contributed by atoms with Crippen LogP contribution in [0.2, 0.25) is 0 Å². The Morgan fingerprint density at radius 1 is 1.19 bits per heavy atom. The van der Waals surface area contributed by atoms with Gasteiger partial charge in [0, 0.05) is 13.0 Å². The van der Waals surface area contributed by atoms with Gasteiger partial charge in [0.15, 0.2) is 0 Å². The molecule has 1 aliphatic rings. The van der Waals surface area contributed by atoms with Gasteiger partial charge in [-0.25, -0.2) is 5.43 Å². The Kier molecular flexibility index (Phi) is 6.79. The van der Waals surface area contributed by atoms with Gasteiger partial charge in [0.25, 0.3) is 0 Å². The van der Waals surface area contributed by atoms with Gasteiger partial charge in [-0.1, -0.05) is 18.2 Å². The molecule has 0 fully saturated rings. The van der Waals surface area contributed by atoms with E-state index in [0.29, 0.717) is 6.10 Å². The molecule has 9 nitrogen and oxygen atoms in total. The number of hydrogen-bond donors (Lipinski definition) is 8. The smallest absolute Gasteiger partial charge is 0.126 e. The second-order valence-electron chi connectivity index (χ2n) is 4.84. The quantitative estimate of drug-likeness (QED) is 0.147. The summed E-state index contributed by atoms with van der Waals surface area (Å²) in [6.45, 7) is 2.92. The molecule has 0 amide bonds. The van der Waals surface area contributed by atoms with E-state index < -0.39 is 0 Å². The topological polar surface area (TPSA) is 119 Å². The van der Waals surface area contributed by atoms with Crippen molar-refractivity contribution >= 4 is 0 Å². The Labute approximate surface area is 124 Å². The summed E-state index contributed by atoms with van der Waals surface area (Å²) in [7, 11) is 0. The highest BCUT2D eigenvalue weighted by atomic mass is 16.5. The van der Waals surface area contributed by atoms with E-state index in [-0.39, 0.29) is 0 Å². The lowest BCUT2D eigenvalue weighted by atomic mass is 10.0. The number of hydrogen-bond acceptors (Lipinski definition) is 9. The van der Waals surface area contributed by atoms with Crippen molar-refractivity contribution in [3.63, 3.8) is 0 Å². The van der Waals surface area contributed by atoms with Gasteiger partial charge in [-0.3, -0.25) is 5.84 Å². The summed E-state index contributed by atoms with van der Waals surface area (Å²) in [5.74, 6) is 6.06. The minimum atomic E-state index is 0.292. The number of para-hydroxylation sites is 1. The highest BCUT2D eigenvalue weighted by Crippen LogP contribution is 2.32. The maximum absolute atomic E-state index is 5.88. The fourth-order valence-corrected chi connectivity index (χ4v) is 2.30. The third kappa shape index (κ3) is 5.19. The first-order valence-electron chi connectivity index (χ1n) is 7.02. The average molecular weight is 296 g/mol. The predicted molar refractivity (Wildman–Crippen MR) is 79.6 cm³/mol. The number of hydrazine groups is 7. The van der Waals surface area contributed by atoms with Crippen molar-refractivity contribution in [3.05, 3.63) is 29.3 Å². The Morgan fingerprint density at radius 2 is 2.00 bits per heavy atom. The fourth-order valence-electron chi connectivity index (χ4n) is 2.30. The van der Waals surface area contributed by atoms with Crippen LogP contribution >= 0.6 is 0 Å². The van der Waals surface area contributed by atoms with Crippen molar-refractivity contribution < 1.29 is 4.74 Å². The number of fused-ring (bicyclic) bond motifs is 1. The van der Waals surface area contributed by atoms with E-state index in [9.17, 15) is 0 Å². The molecule has 118 valence electrons. The van der Waals surface area contributed by atoms with E-state index in [0.717, 1.165) is 31.6 Å². The van der Waals surface area contributed by atoms with E-state index in [2.05, 4.69) is 63.8 Å². The maximum atomic E-state index is 5.88. The third-order valence-electron chi connectivity index (χ3n) is 3.16. The van der Waals surface area contributed by atoms with Crippen LogP contribution in [0, 0.1) is 0 Å². The van der Waals surface area contributed by atoms with Gasteiger partial charge in [0.2, 0.25) is 0 Å². The van der Waals surface area contributed by atoms with Crippen LogP contribution in [-0.2, 0) is 12.8 Å². The molecule has 1 atom stereocenters. The lowest BCUT2D eigenvalue weighted by Gasteiger charge is -2.12. The molecule has 9 heteroatoms. The molecule has 1 heterocycles. The molecule has 1 unspecified atom stereocenters. The molecule has 0 aliphatic carbocycles. The third-order valence-corrected chi connectivity index (χ3v) is 3.16. The van der Waals surface area contributed by atoms with Crippen LogP contribution in [0.1, 0.15) is 24.5 Å². The van der Waals surface area contributed by atoms with Crippen LogP contribution < -0.4 is 49.2 Å². The number of aryl methyl sites for hydroxylation is 1. The maximum Gasteiger partial charge on any atom is 0.126 e. The fraction of sp³-hybridized carbons (Fsp3) is 0.500. The van der Waals surface area contributed by atoms with Crippen molar-refractivity contribution in [3.8, 4) is 5.75 Å². The molecule has 0 saturated heterocycles. The number of benzene rings is 1. The zero-order chi connectivity index (χ0) is 14.9. The van der Waals surface area contributed by atoms with E-state index in [1.165, 1.54) is 11.1 Å². The summed E-state index contributed by atoms with van der Waals surface area (Å²) in [5.41, 5.74) is 20.8. The molecular weight excluding hydrogens is 272 g/mol. The molecule has 2 rings (SSSR count). The number of rotatable bonds is 10. The first kappa shape index (κ1) is 16.1. The van der Waals surface area contributed by atoms with Crippen molar-refractivity contribution in [1.29, 1.82) is 0 Å². The van der Waals surface area contributed by atoms with Gasteiger partial charge in [0.1, 0.15) is 11.9 Å². The average Bonchev–Trinajstić information content (AvgIpc) is 2.86. The monoisotopic (exact) mass is 296 g/mol. The molecule has 0 bridgehead atoms. The summed E-state index contributed by atoms with van der Waals surface area (Å²) in [6, 6.07) is 6.39. The Hall–Kier alpha value is -1.30. The van der Waals surface area contributed by atoms with Crippen LogP contribution in [0.5, 0.6) is 5.75 Å². The number of ether oxygens (including phenoxy) is 1. The first-order valence-corrected chi connectivity index (χ1v) is 7.02. The minimum absolute atomic E-state index is 0.292. The minimum Gasteiger partial charge on any atom is -0.490 e. The largest absolute Gasteiger partial charge is 0.490 e. The first-order chi connectivity index (χ1) is 10.3. The van der Waals surface area contributed by atoms with Gasteiger partial charge >= 0.3 is 0 Å². The van der Waals surface area contributed by atoms with Crippen LogP contribution in [0.3, 0.4) is 0 Å². The molecule has 1 aromatic rings. The zero-order valence-corrected chi connectivity index (χ0v) is 12.1. The van der Waals surface area contributed by atoms with E-state index in [1.54, 1.807) is 0 Å². The van der Waals surface area contributed by atoms with Crippen molar-refractivity contribution in [1.82, 2.24) is 38.6 Å². The SMILES string of the molecule is CC1Cc2cccc(CCCNNNNNNNN)c2O1. The summed E-state index contributed by atoms with van der Waals surface area (Å²) in [5, 5.41) is 0. The zero-order valence-electron chi connectivity index (χ0n) is 12.1. The Bertz CT molecular complexity index is 430. The second kappa shape index (κ2) is 8.87. The molecule has 1 aromatic carbocycles. The molecule has 0 radical (unpaired) electrons. The highest BCUT2D eigenvalue weighted by Gasteiger charge is 2.21. The number of nitrogens with two attached hydrogens (primary N) is 1. The molecule has 0 saturated carbocycles.